The Balaban J connectivity index is 1.22. The number of carbonyl (C=O) groups excluding carboxylic acids is 1. The molecule has 1 saturated heterocycles. The number of esters is 1. The van der Waals surface area contributed by atoms with E-state index in [4.69, 9.17) is 9.47 Å². The van der Waals surface area contributed by atoms with Crippen molar-refractivity contribution in [3.05, 3.63) is 88.5 Å². The minimum Gasteiger partial charge on any atom is -0.423 e. The van der Waals surface area contributed by atoms with Crippen molar-refractivity contribution in [3.63, 3.8) is 0 Å². The summed E-state index contributed by atoms with van der Waals surface area (Å²) in [5.41, 5.74) is -0.914. The Bertz CT molecular complexity index is 1530. The van der Waals surface area contributed by atoms with E-state index in [9.17, 15) is 31.9 Å². The molecule has 1 heterocycles. The second-order valence-corrected chi connectivity index (χ2v) is 12.7. The molecule has 1 N–H and O–H groups in total. The van der Waals surface area contributed by atoms with Gasteiger partial charge in [-0.3, -0.25) is 0 Å². The van der Waals surface area contributed by atoms with E-state index in [1.165, 1.54) is 12.1 Å². The molecule has 2 aliphatic rings. The minimum absolute atomic E-state index is 0.0157. The van der Waals surface area contributed by atoms with E-state index in [2.05, 4.69) is 18.6 Å². The lowest BCUT2D eigenvalue weighted by molar-refractivity contribution is -0.427. The Kier molecular flexibility index (Phi) is 10.1. The fourth-order valence-electron chi connectivity index (χ4n) is 6.30. The number of benzene rings is 3. The minimum atomic E-state index is -1.80. The van der Waals surface area contributed by atoms with Gasteiger partial charge in [-0.15, -0.1) is 0 Å². The fourth-order valence-corrected chi connectivity index (χ4v) is 6.30. The van der Waals surface area contributed by atoms with E-state index in [1.807, 2.05) is 0 Å². The van der Waals surface area contributed by atoms with Crippen molar-refractivity contribution in [2.75, 3.05) is 13.2 Å². The summed E-state index contributed by atoms with van der Waals surface area (Å²) in [7, 11) is 0. The summed E-state index contributed by atoms with van der Waals surface area (Å²) < 4.78 is 102. The summed E-state index contributed by atoms with van der Waals surface area (Å²) in [6.45, 7) is 5.08. The molecule has 0 spiro atoms. The summed E-state index contributed by atoms with van der Waals surface area (Å²) in [6, 6.07) is 6.57. The first-order valence-corrected chi connectivity index (χ1v) is 15.5. The molecular formula is C35H36F6O5. The number of halogens is 6. The van der Waals surface area contributed by atoms with Crippen LogP contribution < -0.4 is 4.74 Å². The van der Waals surface area contributed by atoms with Crippen molar-refractivity contribution in [3.8, 4) is 16.9 Å². The van der Waals surface area contributed by atoms with Crippen LogP contribution in [0.25, 0.3) is 11.1 Å². The van der Waals surface area contributed by atoms with Gasteiger partial charge in [0.2, 0.25) is 0 Å². The number of unbranched alkanes of at least 4 members (excludes halogenated alkanes) is 2. The molecule has 0 aromatic heterocycles. The SMILES string of the molecule is CCCCCC1(C)COC(O)(C2CCC(c3ccc(-c4cc(F)c(C(=O)Oc5cc(F)c(F)c(F)c5)c(F)c4)c(F)c3)CC2)OC1. The van der Waals surface area contributed by atoms with Crippen LogP contribution in [0.15, 0.2) is 42.5 Å². The number of carbonyl (C=O) groups is 1. The third-order valence-corrected chi connectivity index (χ3v) is 9.07. The van der Waals surface area contributed by atoms with Crippen molar-refractivity contribution >= 4 is 5.97 Å². The highest BCUT2D eigenvalue weighted by molar-refractivity contribution is 5.92. The quantitative estimate of drug-likeness (QED) is 0.0824. The van der Waals surface area contributed by atoms with Crippen LogP contribution in [0.2, 0.25) is 0 Å². The van der Waals surface area contributed by atoms with Crippen LogP contribution in [-0.2, 0) is 9.47 Å². The molecule has 0 bridgehead atoms. The monoisotopic (exact) mass is 650 g/mol. The average molecular weight is 651 g/mol. The molecule has 0 atom stereocenters. The fraction of sp³-hybridized carbons (Fsp3) is 0.457. The van der Waals surface area contributed by atoms with Crippen molar-refractivity contribution in [2.45, 2.75) is 77.1 Å². The molecule has 5 nitrogen and oxygen atoms in total. The Morgan fingerprint density at radius 3 is 2.02 bits per heavy atom. The van der Waals surface area contributed by atoms with Gasteiger partial charge in [0, 0.05) is 29.0 Å². The summed E-state index contributed by atoms with van der Waals surface area (Å²) in [5, 5.41) is 11.1. The highest BCUT2D eigenvalue weighted by Gasteiger charge is 2.47. The van der Waals surface area contributed by atoms with Crippen LogP contribution in [0, 0.1) is 46.2 Å². The molecule has 1 saturated carbocycles. The average Bonchev–Trinajstić information content (AvgIpc) is 3.01. The molecule has 46 heavy (non-hydrogen) atoms. The largest absolute Gasteiger partial charge is 0.423 e. The Hall–Kier alpha value is -3.41. The van der Waals surface area contributed by atoms with E-state index in [-0.39, 0.29) is 28.4 Å². The Morgan fingerprint density at radius 1 is 0.848 bits per heavy atom. The van der Waals surface area contributed by atoms with Gasteiger partial charge in [0.15, 0.2) is 17.5 Å². The zero-order valence-corrected chi connectivity index (χ0v) is 25.6. The maximum atomic E-state index is 15.3. The van der Waals surface area contributed by atoms with Crippen LogP contribution in [0.3, 0.4) is 0 Å². The first-order valence-electron chi connectivity index (χ1n) is 15.5. The normalized spacial score (nSPS) is 25.0. The molecule has 3 aromatic rings. The summed E-state index contributed by atoms with van der Waals surface area (Å²) >= 11 is 0. The summed E-state index contributed by atoms with van der Waals surface area (Å²) in [6.07, 6.45) is 6.79. The van der Waals surface area contributed by atoms with Crippen molar-refractivity contribution in [1.82, 2.24) is 0 Å². The van der Waals surface area contributed by atoms with Gasteiger partial charge in [-0.05, 0) is 67.3 Å². The lowest BCUT2D eigenvalue weighted by Crippen LogP contribution is -2.53. The topological polar surface area (TPSA) is 65.0 Å². The zero-order valence-electron chi connectivity index (χ0n) is 25.6. The second-order valence-electron chi connectivity index (χ2n) is 12.7. The third-order valence-electron chi connectivity index (χ3n) is 9.07. The molecule has 11 heteroatoms. The molecule has 0 amide bonds. The van der Waals surface area contributed by atoms with Crippen molar-refractivity contribution < 1.29 is 50.5 Å². The lowest BCUT2D eigenvalue weighted by atomic mass is 9.77. The predicted octanol–water partition coefficient (Wildman–Crippen LogP) is 8.96. The summed E-state index contributed by atoms with van der Waals surface area (Å²) in [5.74, 6) is -12.9. The maximum absolute atomic E-state index is 15.3. The molecule has 248 valence electrons. The van der Waals surface area contributed by atoms with E-state index in [0.29, 0.717) is 56.6 Å². The third kappa shape index (κ3) is 7.26. The molecule has 1 aliphatic heterocycles. The molecular weight excluding hydrogens is 614 g/mol. The van der Waals surface area contributed by atoms with Gasteiger partial charge in [-0.25, -0.2) is 31.1 Å². The van der Waals surface area contributed by atoms with Crippen molar-refractivity contribution in [1.29, 1.82) is 0 Å². The first-order chi connectivity index (χ1) is 21.8. The van der Waals surface area contributed by atoms with Crippen LogP contribution >= 0.6 is 0 Å². The number of aliphatic hydroxyl groups is 1. The van der Waals surface area contributed by atoms with Gasteiger partial charge >= 0.3 is 5.97 Å². The molecule has 1 aliphatic carbocycles. The van der Waals surface area contributed by atoms with Gasteiger partial charge in [-0.2, -0.15) is 0 Å². The second kappa shape index (κ2) is 13.8. The zero-order chi connectivity index (χ0) is 33.2. The van der Waals surface area contributed by atoms with Crippen LogP contribution in [0.1, 0.15) is 87.1 Å². The van der Waals surface area contributed by atoms with Gasteiger partial charge in [-0.1, -0.05) is 45.2 Å². The Morgan fingerprint density at radius 2 is 1.46 bits per heavy atom. The van der Waals surface area contributed by atoms with Crippen LogP contribution in [0.5, 0.6) is 5.75 Å². The smallest absolute Gasteiger partial charge is 0.349 e. The number of hydrogen-bond acceptors (Lipinski definition) is 5. The number of rotatable bonds is 9. The number of ether oxygens (including phenoxy) is 3. The van der Waals surface area contributed by atoms with E-state index in [1.54, 1.807) is 6.07 Å². The Labute approximate surface area is 263 Å². The number of hydrogen-bond donors (Lipinski definition) is 1. The molecule has 0 unspecified atom stereocenters. The van der Waals surface area contributed by atoms with Gasteiger partial charge in [0.1, 0.15) is 28.8 Å². The highest BCUT2D eigenvalue weighted by Crippen LogP contribution is 2.45. The molecule has 0 radical (unpaired) electrons. The van der Waals surface area contributed by atoms with Crippen molar-refractivity contribution in [2.24, 2.45) is 11.3 Å². The van der Waals surface area contributed by atoms with Gasteiger partial charge < -0.3 is 19.3 Å². The van der Waals surface area contributed by atoms with Crippen LogP contribution in [0.4, 0.5) is 26.3 Å². The predicted molar refractivity (Wildman–Crippen MR) is 157 cm³/mol. The van der Waals surface area contributed by atoms with E-state index < -0.39 is 58.2 Å². The summed E-state index contributed by atoms with van der Waals surface area (Å²) in [4.78, 5) is 12.4. The molecule has 2 fully saturated rings. The first kappa shape index (κ1) is 33.9. The lowest BCUT2D eigenvalue weighted by Gasteiger charge is -2.46. The van der Waals surface area contributed by atoms with Gasteiger partial charge in [0.25, 0.3) is 5.97 Å². The van der Waals surface area contributed by atoms with E-state index in [0.717, 1.165) is 37.8 Å². The standard InChI is InChI=1S/C35H36F6O5/c1-3-4-5-12-34(2)18-44-35(43,45-19-34)23-9-6-20(7-10-23)21-8-11-25(26(36)13-21)22-14-27(37)31(28(38)15-22)33(42)46-24-16-29(39)32(41)30(40)17-24/h8,11,13-17,20,23,43H,3-7,9-10,12,18-19H2,1-2H3. The van der Waals surface area contributed by atoms with Gasteiger partial charge in [0.05, 0.1) is 13.2 Å². The molecule has 5 rings (SSSR count). The molecule has 3 aromatic carbocycles. The van der Waals surface area contributed by atoms with E-state index >= 15 is 4.39 Å². The maximum Gasteiger partial charge on any atom is 0.349 e. The van der Waals surface area contributed by atoms with Crippen LogP contribution in [-0.4, -0.2) is 30.3 Å². The highest BCUT2D eigenvalue weighted by atomic mass is 19.2.